The number of benzene rings is 1. The number of aliphatic carboxylic acids is 1. The average molecular weight is 270 g/mol. The number of amides is 1. The summed E-state index contributed by atoms with van der Waals surface area (Å²) in [7, 11) is 0. The van der Waals surface area contributed by atoms with Gasteiger partial charge >= 0.3 is 5.97 Å². The molecule has 0 radical (unpaired) electrons. The van der Waals surface area contributed by atoms with Gasteiger partial charge in [0, 0.05) is 17.6 Å². The molecule has 0 spiro atoms. The van der Waals surface area contributed by atoms with Gasteiger partial charge in [-0.25, -0.2) is 0 Å². The zero-order valence-electron chi connectivity index (χ0n) is 10.7. The molecule has 1 aromatic carbocycles. The minimum Gasteiger partial charge on any atom is -0.481 e. The maximum absolute atomic E-state index is 12.3. The zero-order valence-corrected chi connectivity index (χ0v) is 10.7. The zero-order chi connectivity index (χ0) is 14.1. The van der Waals surface area contributed by atoms with Gasteiger partial charge in [0.25, 0.3) is 5.91 Å². The summed E-state index contributed by atoms with van der Waals surface area (Å²) in [6.07, 6.45) is 5.56. The van der Waals surface area contributed by atoms with Crippen molar-refractivity contribution < 1.29 is 14.7 Å². The van der Waals surface area contributed by atoms with Crippen LogP contribution in [0.5, 0.6) is 0 Å². The summed E-state index contributed by atoms with van der Waals surface area (Å²) in [5, 5.41) is 12.8. The summed E-state index contributed by atoms with van der Waals surface area (Å²) in [6.45, 7) is 0. The third kappa shape index (κ3) is 2.18. The molecule has 1 amide bonds. The van der Waals surface area contributed by atoms with Crippen molar-refractivity contribution in [1.29, 1.82) is 0 Å². The second kappa shape index (κ2) is 4.85. The first kappa shape index (κ1) is 12.5. The SMILES string of the molecule is O=C(NC1C=CC(C(=O)O)C1)c1cccc2cc[nH]c12. The normalized spacial score (nSPS) is 21.2. The first-order valence-corrected chi connectivity index (χ1v) is 6.43. The third-order valence-corrected chi connectivity index (χ3v) is 3.55. The number of carbonyl (C=O) groups is 2. The number of carboxylic acid groups (broad SMARTS) is 1. The van der Waals surface area contributed by atoms with Crippen LogP contribution in [0.1, 0.15) is 16.8 Å². The number of nitrogens with one attached hydrogen (secondary N) is 2. The number of hydrogen-bond donors (Lipinski definition) is 3. The molecule has 2 aromatic rings. The van der Waals surface area contributed by atoms with E-state index in [2.05, 4.69) is 10.3 Å². The fourth-order valence-electron chi connectivity index (χ4n) is 2.51. The van der Waals surface area contributed by atoms with Crippen molar-refractivity contribution in [3.8, 4) is 0 Å². The van der Waals surface area contributed by atoms with Crippen LogP contribution < -0.4 is 5.32 Å². The number of para-hydroxylation sites is 1. The Labute approximate surface area is 115 Å². The second-order valence-corrected chi connectivity index (χ2v) is 4.89. The Kier molecular flexibility index (Phi) is 3.02. The topological polar surface area (TPSA) is 82.2 Å². The molecule has 5 nitrogen and oxygen atoms in total. The molecule has 2 unspecified atom stereocenters. The van der Waals surface area contributed by atoms with Crippen LogP contribution in [0.4, 0.5) is 0 Å². The van der Waals surface area contributed by atoms with Gasteiger partial charge in [0.1, 0.15) is 0 Å². The lowest BCUT2D eigenvalue weighted by molar-refractivity contribution is -0.140. The fourth-order valence-corrected chi connectivity index (χ4v) is 2.51. The third-order valence-electron chi connectivity index (χ3n) is 3.55. The summed E-state index contributed by atoms with van der Waals surface area (Å²) in [5.41, 5.74) is 1.36. The van der Waals surface area contributed by atoms with E-state index in [0.29, 0.717) is 12.0 Å². The molecule has 1 aliphatic rings. The van der Waals surface area contributed by atoms with Gasteiger partial charge in [0.15, 0.2) is 0 Å². The highest BCUT2D eigenvalue weighted by Crippen LogP contribution is 2.20. The van der Waals surface area contributed by atoms with Crippen LogP contribution in [0, 0.1) is 5.92 Å². The molecule has 0 aliphatic heterocycles. The molecule has 0 saturated heterocycles. The smallest absolute Gasteiger partial charge is 0.310 e. The molecule has 5 heteroatoms. The van der Waals surface area contributed by atoms with E-state index >= 15 is 0 Å². The van der Waals surface area contributed by atoms with E-state index in [1.165, 1.54) is 0 Å². The Morgan fingerprint density at radius 3 is 2.85 bits per heavy atom. The van der Waals surface area contributed by atoms with E-state index in [4.69, 9.17) is 5.11 Å². The summed E-state index contributed by atoms with van der Waals surface area (Å²) >= 11 is 0. The van der Waals surface area contributed by atoms with Crippen LogP contribution in [0.2, 0.25) is 0 Å². The van der Waals surface area contributed by atoms with Crippen LogP contribution in [-0.2, 0) is 4.79 Å². The number of H-pyrrole nitrogens is 1. The maximum atomic E-state index is 12.3. The number of carbonyl (C=O) groups excluding carboxylic acids is 1. The van der Waals surface area contributed by atoms with Gasteiger partial charge in [-0.05, 0) is 18.6 Å². The predicted octanol–water partition coefficient (Wildman–Crippen LogP) is 1.93. The fraction of sp³-hybridized carbons (Fsp3) is 0.200. The number of aromatic nitrogens is 1. The summed E-state index contributed by atoms with van der Waals surface area (Å²) in [6, 6.07) is 7.19. The van der Waals surface area contributed by atoms with Gasteiger partial charge in [0.05, 0.1) is 17.0 Å². The molecule has 0 saturated carbocycles. The van der Waals surface area contributed by atoms with Crippen molar-refractivity contribution in [3.05, 3.63) is 48.2 Å². The lowest BCUT2D eigenvalue weighted by Gasteiger charge is -2.12. The van der Waals surface area contributed by atoms with Crippen molar-refractivity contribution in [3.63, 3.8) is 0 Å². The number of rotatable bonds is 3. The van der Waals surface area contributed by atoms with Gasteiger partial charge in [-0.1, -0.05) is 24.3 Å². The maximum Gasteiger partial charge on any atom is 0.310 e. The van der Waals surface area contributed by atoms with Crippen molar-refractivity contribution in [2.24, 2.45) is 5.92 Å². The number of hydrogen-bond acceptors (Lipinski definition) is 2. The van der Waals surface area contributed by atoms with Gasteiger partial charge in [-0.3, -0.25) is 9.59 Å². The molecular weight excluding hydrogens is 256 g/mol. The van der Waals surface area contributed by atoms with Crippen molar-refractivity contribution in [2.45, 2.75) is 12.5 Å². The Bertz CT molecular complexity index is 702. The van der Waals surface area contributed by atoms with Crippen molar-refractivity contribution in [1.82, 2.24) is 10.3 Å². The van der Waals surface area contributed by atoms with E-state index in [-0.39, 0.29) is 11.9 Å². The number of aromatic amines is 1. The lowest BCUT2D eigenvalue weighted by atomic mass is 10.1. The standard InChI is InChI=1S/C15H14N2O3/c18-14(17-11-5-4-10(8-11)15(19)20)12-3-1-2-9-6-7-16-13(9)12/h1-7,10-11,16H,8H2,(H,17,18)(H,19,20). The lowest BCUT2D eigenvalue weighted by Crippen LogP contribution is -2.33. The monoisotopic (exact) mass is 270 g/mol. The Balaban J connectivity index is 1.76. The molecule has 20 heavy (non-hydrogen) atoms. The van der Waals surface area contributed by atoms with Crippen LogP contribution in [-0.4, -0.2) is 28.0 Å². The first-order valence-electron chi connectivity index (χ1n) is 6.43. The van der Waals surface area contributed by atoms with Gasteiger partial charge in [0.2, 0.25) is 0 Å². The van der Waals surface area contributed by atoms with Crippen LogP contribution in [0.25, 0.3) is 10.9 Å². The van der Waals surface area contributed by atoms with E-state index in [1.54, 1.807) is 24.4 Å². The Morgan fingerprint density at radius 2 is 2.10 bits per heavy atom. The van der Waals surface area contributed by atoms with Gasteiger partial charge < -0.3 is 15.4 Å². The highest BCUT2D eigenvalue weighted by Gasteiger charge is 2.26. The highest BCUT2D eigenvalue weighted by atomic mass is 16.4. The predicted molar refractivity (Wildman–Crippen MR) is 74.4 cm³/mol. The molecule has 1 aromatic heterocycles. The van der Waals surface area contributed by atoms with E-state index < -0.39 is 11.9 Å². The minimum absolute atomic E-state index is 0.196. The largest absolute Gasteiger partial charge is 0.481 e. The average Bonchev–Trinajstić information content (AvgIpc) is 3.05. The van der Waals surface area contributed by atoms with E-state index in [9.17, 15) is 9.59 Å². The summed E-state index contributed by atoms with van der Waals surface area (Å²) in [4.78, 5) is 26.2. The molecule has 102 valence electrons. The molecular formula is C15H14N2O3. The summed E-state index contributed by atoms with van der Waals surface area (Å²) in [5.74, 6) is -1.57. The molecule has 1 heterocycles. The van der Waals surface area contributed by atoms with Gasteiger partial charge in [-0.15, -0.1) is 0 Å². The quantitative estimate of drug-likeness (QED) is 0.745. The Hall–Kier alpha value is -2.56. The molecule has 2 atom stereocenters. The highest BCUT2D eigenvalue weighted by molar-refractivity contribution is 6.05. The summed E-state index contributed by atoms with van der Waals surface area (Å²) < 4.78 is 0. The Morgan fingerprint density at radius 1 is 1.25 bits per heavy atom. The van der Waals surface area contributed by atoms with Crippen LogP contribution in [0.15, 0.2) is 42.6 Å². The number of carboxylic acids is 1. The van der Waals surface area contributed by atoms with E-state index in [0.717, 1.165) is 10.9 Å². The molecule has 3 N–H and O–H groups in total. The first-order chi connectivity index (χ1) is 9.65. The molecule has 0 fully saturated rings. The van der Waals surface area contributed by atoms with Crippen LogP contribution >= 0.6 is 0 Å². The molecule has 0 bridgehead atoms. The van der Waals surface area contributed by atoms with E-state index in [1.807, 2.05) is 18.2 Å². The molecule has 1 aliphatic carbocycles. The van der Waals surface area contributed by atoms with Crippen molar-refractivity contribution >= 4 is 22.8 Å². The number of fused-ring (bicyclic) bond motifs is 1. The van der Waals surface area contributed by atoms with Gasteiger partial charge in [-0.2, -0.15) is 0 Å². The second-order valence-electron chi connectivity index (χ2n) is 4.89. The van der Waals surface area contributed by atoms with Crippen LogP contribution in [0.3, 0.4) is 0 Å². The minimum atomic E-state index is -0.857. The molecule has 3 rings (SSSR count). The van der Waals surface area contributed by atoms with Crippen molar-refractivity contribution in [2.75, 3.05) is 0 Å².